The molecule has 2 aliphatic rings. The van der Waals surface area contributed by atoms with Crippen molar-refractivity contribution in [2.75, 3.05) is 13.7 Å². The monoisotopic (exact) mass is 266 g/mol. The molecule has 0 aromatic heterocycles. The Balaban J connectivity index is 2.26. The zero-order valence-electron chi connectivity index (χ0n) is 8.69. The van der Waals surface area contributed by atoms with E-state index in [9.17, 15) is 13.2 Å². The highest BCUT2D eigenvalue weighted by Crippen LogP contribution is 2.29. The Bertz CT molecular complexity index is 417. The number of nitrogens with one attached hydrogen (secondary N) is 1. The van der Waals surface area contributed by atoms with Crippen molar-refractivity contribution < 1.29 is 17.9 Å². The number of halogens is 3. The fraction of sp³-hybridized carbons (Fsp3) is 0.375. The van der Waals surface area contributed by atoms with Gasteiger partial charge in [-0.15, -0.1) is 31.3 Å². The quantitative estimate of drug-likeness (QED) is 0.582. The lowest BCUT2D eigenvalue weighted by atomic mass is 10.3. The van der Waals surface area contributed by atoms with Gasteiger partial charge in [0.1, 0.15) is 0 Å². The molecule has 1 N–H and O–H groups in total. The number of thiol groups is 1. The van der Waals surface area contributed by atoms with Gasteiger partial charge in [0.15, 0.2) is 5.82 Å². The van der Waals surface area contributed by atoms with Crippen molar-refractivity contribution in [3.8, 4) is 0 Å². The molecule has 0 amide bonds. The van der Waals surface area contributed by atoms with Crippen LogP contribution in [0, 0.1) is 0 Å². The summed E-state index contributed by atoms with van der Waals surface area (Å²) in [5, 5.41) is 1.53. The van der Waals surface area contributed by atoms with Gasteiger partial charge in [0.05, 0.1) is 23.5 Å². The molecule has 0 aromatic carbocycles. The van der Waals surface area contributed by atoms with Gasteiger partial charge in [0.2, 0.25) is 0 Å². The number of rotatable bonds is 2. The molecule has 0 radical (unpaired) electrons. The number of methoxy groups -OCH3 is 1. The second-order valence-electron chi connectivity index (χ2n) is 3.30. The summed E-state index contributed by atoms with van der Waals surface area (Å²) in [5.74, 6) is 0.113. The molecule has 0 atom stereocenters. The number of ether oxygens (including phenoxy) is 1. The van der Waals surface area contributed by atoms with Gasteiger partial charge in [-0.25, -0.2) is 15.0 Å². The van der Waals surface area contributed by atoms with Gasteiger partial charge >= 0.3 is 6.30 Å². The molecule has 9 heteroatoms. The van der Waals surface area contributed by atoms with Gasteiger partial charge in [-0.05, 0) is 6.08 Å². The summed E-state index contributed by atoms with van der Waals surface area (Å²) < 4.78 is 42.3. The van der Waals surface area contributed by atoms with Crippen molar-refractivity contribution in [1.29, 1.82) is 0 Å². The van der Waals surface area contributed by atoms with Crippen LogP contribution in [-0.2, 0) is 4.74 Å². The molecule has 0 saturated carbocycles. The van der Waals surface area contributed by atoms with Crippen molar-refractivity contribution in [3.63, 3.8) is 0 Å². The van der Waals surface area contributed by atoms with E-state index in [0.717, 1.165) is 6.20 Å². The second-order valence-corrected chi connectivity index (χ2v) is 3.76. The molecule has 0 aliphatic carbocycles. The first kappa shape index (κ1) is 12.3. The van der Waals surface area contributed by atoms with Gasteiger partial charge in [0.25, 0.3) is 0 Å². The lowest BCUT2D eigenvalue weighted by molar-refractivity contribution is -0.251. The smallest absolute Gasteiger partial charge is 0.378 e. The zero-order valence-corrected chi connectivity index (χ0v) is 9.59. The largest absolute Gasteiger partial charge is 0.500 e. The topological polar surface area (TPSA) is 40.1 Å². The lowest BCUT2D eigenvalue weighted by Crippen LogP contribution is -2.47. The number of alkyl halides is 3. The number of aliphatic imine (C=N–C) groups is 1. The van der Waals surface area contributed by atoms with E-state index >= 15 is 0 Å². The Hall–Kier alpha value is -1.19. The maximum atomic E-state index is 12.5. The predicted octanol–water partition coefficient (Wildman–Crippen LogP) is 1.21. The molecule has 5 nitrogen and oxygen atoms in total. The van der Waals surface area contributed by atoms with Crippen molar-refractivity contribution >= 4 is 17.7 Å². The maximum Gasteiger partial charge on any atom is 0.500 e. The van der Waals surface area contributed by atoms with Crippen LogP contribution in [0.2, 0.25) is 0 Å². The predicted molar refractivity (Wildman–Crippen MR) is 57.3 cm³/mol. The van der Waals surface area contributed by atoms with Crippen LogP contribution in [0.3, 0.4) is 0 Å². The maximum absolute atomic E-state index is 12.5. The van der Waals surface area contributed by atoms with Gasteiger partial charge < -0.3 is 4.74 Å². The van der Waals surface area contributed by atoms with E-state index in [2.05, 4.69) is 23.2 Å². The van der Waals surface area contributed by atoms with Crippen molar-refractivity contribution in [3.05, 3.63) is 23.8 Å². The standard InChI is InChI=1S/C8H9F3N4OS/c1-16-4-5-2-7(17)12-6-3-14(8(9,10)11)13-15(5)6/h2-3,13H,4H2,1H3,(H,12,17). The summed E-state index contributed by atoms with van der Waals surface area (Å²) in [6, 6.07) is 0. The molecule has 94 valence electrons. The summed E-state index contributed by atoms with van der Waals surface area (Å²) >= 11 is 4.02. The van der Waals surface area contributed by atoms with Gasteiger partial charge in [-0.2, -0.15) is 0 Å². The van der Waals surface area contributed by atoms with E-state index in [1.807, 2.05) is 0 Å². The van der Waals surface area contributed by atoms with Crippen LogP contribution in [-0.4, -0.2) is 35.1 Å². The minimum atomic E-state index is -4.52. The Kier molecular flexibility index (Phi) is 3.06. The third-order valence-electron chi connectivity index (χ3n) is 2.06. The van der Waals surface area contributed by atoms with Crippen molar-refractivity contribution in [1.82, 2.24) is 15.6 Å². The summed E-state index contributed by atoms with van der Waals surface area (Å²) in [6.07, 6.45) is -2.15. The van der Waals surface area contributed by atoms with Gasteiger partial charge in [-0.3, -0.25) is 0 Å². The summed E-state index contributed by atoms with van der Waals surface area (Å²) in [6.45, 7) is 0.148. The third-order valence-corrected chi connectivity index (χ3v) is 2.29. The second kappa shape index (κ2) is 4.24. The van der Waals surface area contributed by atoms with Crippen LogP contribution in [0.4, 0.5) is 13.2 Å². The van der Waals surface area contributed by atoms with E-state index in [-0.39, 0.29) is 17.4 Å². The molecule has 0 fully saturated rings. The fourth-order valence-electron chi connectivity index (χ4n) is 1.40. The number of hydrogen-bond acceptors (Lipinski definition) is 5. The highest BCUT2D eigenvalue weighted by Gasteiger charge is 2.42. The molecule has 2 aliphatic heterocycles. The molecular formula is C8H9F3N4OS. The Morgan fingerprint density at radius 2 is 2.24 bits per heavy atom. The van der Waals surface area contributed by atoms with E-state index in [0.29, 0.717) is 10.7 Å². The Morgan fingerprint density at radius 1 is 1.53 bits per heavy atom. The van der Waals surface area contributed by atoms with Crippen LogP contribution in [0.5, 0.6) is 0 Å². The molecule has 2 heterocycles. The highest BCUT2D eigenvalue weighted by molar-refractivity contribution is 7.97. The van der Waals surface area contributed by atoms with Crippen LogP contribution >= 0.6 is 12.6 Å². The number of hydrazine groups is 2. The number of nitrogens with zero attached hydrogens (tertiary/aromatic N) is 3. The highest BCUT2D eigenvalue weighted by atomic mass is 32.1. The Labute approximate surface area is 101 Å². The molecule has 0 saturated heterocycles. The average molecular weight is 266 g/mol. The van der Waals surface area contributed by atoms with Crippen LogP contribution in [0.1, 0.15) is 0 Å². The summed E-state index contributed by atoms with van der Waals surface area (Å²) in [5.41, 5.74) is 2.64. The van der Waals surface area contributed by atoms with E-state index < -0.39 is 6.30 Å². The van der Waals surface area contributed by atoms with E-state index in [1.165, 1.54) is 18.2 Å². The normalized spacial score (nSPS) is 19.9. The minimum Gasteiger partial charge on any atom is -0.378 e. The Morgan fingerprint density at radius 3 is 2.82 bits per heavy atom. The molecule has 0 bridgehead atoms. The molecule has 0 spiro atoms. The first-order chi connectivity index (χ1) is 7.91. The summed E-state index contributed by atoms with van der Waals surface area (Å²) in [7, 11) is 1.45. The molecule has 0 unspecified atom stereocenters. The van der Waals surface area contributed by atoms with Crippen molar-refractivity contribution in [2.24, 2.45) is 4.99 Å². The van der Waals surface area contributed by atoms with Crippen LogP contribution in [0.25, 0.3) is 0 Å². The lowest BCUT2D eigenvalue weighted by Gasteiger charge is -2.27. The fourth-order valence-corrected chi connectivity index (χ4v) is 1.65. The van der Waals surface area contributed by atoms with E-state index in [4.69, 9.17) is 4.74 Å². The SMILES string of the molecule is COCC1=CC(S)=NC2=CN(C(F)(F)F)NN12. The zero-order chi connectivity index (χ0) is 12.6. The first-order valence-electron chi connectivity index (χ1n) is 4.53. The molecule has 0 aromatic rings. The van der Waals surface area contributed by atoms with Crippen LogP contribution in [0.15, 0.2) is 28.8 Å². The summed E-state index contributed by atoms with van der Waals surface area (Å²) in [4.78, 5) is 3.87. The first-order valence-corrected chi connectivity index (χ1v) is 4.98. The molecule has 17 heavy (non-hydrogen) atoms. The average Bonchev–Trinajstić information content (AvgIpc) is 2.61. The van der Waals surface area contributed by atoms with Crippen LogP contribution < -0.4 is 5.53 Å². The van der Waals surface area contributed by atoms with E-state index in [1.54, 1.807) is 0 Å². The van der Waals surface area contributed by atoms with Crippen molar-refractivity contribution in [2.45, 2.75) is 6.30 Å². The third kappa shape index (κ3) is 2.40. The molecular weight excluding hydrogens is 257 g/mol. The number of hydrogen-bond donors (Lipinski definition) is 2. The number of fused-ring (bicyclic) bond motifs is 1. The van der Waals surface area contributed by atoms with Gasteiger partial charge in [0, 0.05) is 7.11 Å². The van der Waals surface area contributed by atoms with Gasteiger partial charge in [-0.1, -0.05) is 0 Å². The minimum absolute atomic E-state index is 0.0156. The molecule has 2 rings (SSSR count).